The molecular formula is C9H18N2O. The molecule has 2 atom stereocenters. The van der Waals surface area contributed by atoms with Gasteiger partial charge in [0.05, 0.1) is 6.10 Å². The summed E-state index contributed by atoms with van der Waals surface area (Å²) in [5.41, 5.74) is 0. The van der Waals surface area contributed by atoms with Crippen molar-refractivity contribution in [2.24, 2.45) is 0 Å². The highest BCUT2D eigenvalue weighted by atomic mass is 16.5. The molecule has 0 amide bonds. The number of hydrogen-bond donors (Lipinski definition) is 1. The van der Waals surface area contributed by atoms with E-state index >= 15 is 0 Å². The van der Waals surface area contributed by atoms with Gasteiger partial charge in [-0.1, -0.05) is 0 Å². The van der Waals surface area contributed by atoms with E-state index < -0.39 is 0 Å². The number of ether oxygens (including phenoxy) is 1. The Labute approximate surface area is 74.1 Å². The van der Waals surface area contributed by atoms with Crippen LogP contribution < -0.4 is 5.32 Å². The monoisotopic (exact) mass is 170 g/mol. The first-order valence-corrected chi connectivity index (χ1v) is 4.89. The first kappa shape index (κ1) is 8.48. The summed E-state index contributed by atoms with van der Waals surface area (Å²) in [7, 11) is 1.82. The lowest BCUT2D eigenvalue weighted by atomic mass is 10.2. The van der Waals surface area contributed by atoms with Crippen molar-refractivity contribution in [3.63, 3.8) is 0 Å². The normalized spacial score (nSPS) is 37.8. The van der Waals surface area contributed by atoms with Crippen LogP contribution in [0.5, 0.6) is 0 Å². The minimum atomic E-state index is 0.420. The van der Waals surface area contributed by atoms with Crippen LogP contribution in [0.3, 0.4) is 0 Å². The van der Waals surface area contributed by atoms with Crippen LogP contribution in [0.25, 0.3) is 0 Å². The van der Waals surface area contributed by atoms with Crippen LogP contribution in [0.4, 0.5) is 0 Å². The van der Waals surface area contributed by atoms with Crippen LogP contribution in [0.15, 0.2) is 0 Å². The highest BCUT2D eigenvalue weighted by molar-refractivity contribution is 4.91. The van der Waals surface area contributed by atoms with E-state index in [1.807, 2.05) is 7.11 Å². The van der Waals surface area contributed by atoms with Crippen molar-refractivity contribution in [3.05, 3.63) is 0 Å². The maximum Gasteiger partial charge on any atom is 0.0862 e. The maximum atomic E-state index is 5.43. The van der Waals surface area contributed by atoms with Gasteiger partial charge in [0.2, 0.25) is 0 Å². The van der Waals surface area contributed by atoms with Gasteiger partial charge >= 0.3 is 0 Å². The molecule has 12 heavy (non-hydrogen) atoms. The van der Waals surface area contributed by atoms with Crippen LogP contribution in [0, 0.1) is 0 Å². The fraction of sp³-hybridized carbons (Fsp3) is 1.00. The molecular weight excluding hydrogens is 152 g/mol. The molecule has 0 aromatic heterocycles. The first-order chi connectivity index (χ1) is 5.92. The van der Waals surface area contributed by atoms with Gasteiger partial charge in [-0.2, -0.15) is 0 Å². The SMILES string of the molecule is CO[C@H]1CNCC1N1CCCC1. The topological polar surface area (TPSA) is 24.5 Å². The molecule has 2 heterocycles. The molecule has 2 fully saturated rings. The molecule has 1 unspecified atom stereocenters. The number of methoxy groups -OCH3 is 1. The fourth-order valence-corrected chi connectivity index (χ4v) is 2.32. The third kappa shape index (κ3) is 1.49. The van der Waals surface area contributed by atoms with Crippen molar-refractivity contribution in [2.75, 3.05) is 33.3 Å². The molecule has 0 spiro atoms. The zero-order chi connectivity index (χ0) is 8.39. The van der Waals surface area contributed by atoms with E-state index in [2.05, 4.69) is 10.2 Å². The van der Waals surface area contributed by atoms with Crippen molar-refractivity contribution in [1.29, 1.82) is 0 Å². The first-order valence-electron chi connectivity index (χ1n) is 4.89. The third-order valence-electron chi connectivity index (χ3n) is 3.04. The van der Waals surface area contributed by atoms with E-state index in [1.54, 1.807) is 0 Å². The molecule has 3 heteroatoms. The highest BCUT2D eigenvalue weighted by Gasteiger charge is 2.32. The summed E-state index contributed by atoms with van der Waals surface area (Å²) >= 11 is 0. The predicted octanol–water partition coefficient (Wildman–Crippen LogP) is 0.0690. The van der Waals surface area contributed by atoms with Gasteiger partial charge in [0, 0.05) is 26.2 Å². The molecule has 2 rings (SSSR count). The van der Waals surface area contributed by atoms with Gasteiger partial charge in [-0.3, -0.25) is 4.90 Å². The van der Waals surface area contributed by atoms with Crippen LogP contribution >= 0.6 is 0 Å². The second-order valence-corrected chi connectivity index (χ2v) is 3.74. The van der Waals surface area contributed by atoms with E-state index in [0.717, 1.165) is 13.1 Å². The summed E-state index contributed by atoms with van der Waals surface area (Å²) in [6.07, 6.45) is 3.16. The van der Waals surface area contributed by atoms with E-state index in [-0.39, 0.29) is 0 Å². The standard InChI is InChI=1S/C9H18N2O/c1-12-9-7-10-6-8(9)11-4-2-3-5-11/h8-10H,2-7H2,1H3/t8?,9-/m0/s1. The zero-order valence-electron chi connectivity index (χ0n) is 7.75. The van der Waals surface area contributed by atoms with Gasteiger partial charge in [-0.15, -0.1) is 0 Å². The van der Waals surface area contributed by atoms with Crippen LogP contribution in [-0.4, -0.2) is 50.3 Å². The average molecular weight is 170 g/mol. The largest absolute Gasteiger partial charge is 0.378 e. The number of nitrogens with zero attached hydrogens (tertiary/aromatic N) is 1. The Morgan fingerprint density at radius 1 is 1.25 bits per heavy atom. The van der Waals surface area contributed by atoms with Crippen LogP contribution in [0.2, 0.25) is 0 Å². The van der Waals surface area contributed by atoms with Crippen LogP contribution in [0.1, 0.15) is 12.8 Å². The summed E-state index contributed by atoms with van der Waals surface area (Å²) in [4.78, 5) is 2.56. The number of hydrogen-bond acceptors (Lipinski definition) is 3. The number of likely N-dealkylation sites (tertiary alicyclic amines) is 1. The Morgan fingerprint density at radius 2 is 2.00 bits per heavy atom. The van der Waals surface area contributed by atoms with Crippen molar-refractivity contribution in [2.45, 2.75) is 25.0 Å². The lowest BCUT2D eigenvalue weighted by Gasteiger charge is -2.27. The Hall–Kier alpha value is -0.120. The van der Waals surface area contributed by atoms with Crippen LogP contribution in [-0.2, 0) is 4.74 Å². The van der Waals surface area contributed by atoms with Gasteiger partial charge in [0.1, 0.15) is 0 Å². The summed E-state index contributed by atoms with van der Waals surface area (Å²) in [5, 5.41) is 3.38. The minimum Gasteiger partial charge on any atom is -0.378 e. The van der Waals surface area contributed by atoms with Gasteiger partial charge in [-0.25, -0.2) is 0 Å². The second kappa shape index (κ2) is 3.73. The molecule has 0 radical (unpaired) electrons. The van der Waals surface area contributed by atoms with Gasteiger partial charge < -0.3 is 10.1 Å². The van der Waals surface area contributed by atoms with Gasteiger partial charge in [-0.05, 0) is 25.9 Å². The fourth-order valence-electron chi connectivity index (χ4n) is 2.32. The van der Waals surface area contributed by atoms with Crippen molar-refractivity contribution >= 4 is 0 Å². The smallest absolute Gasteiger partial charge is 0.0862 e. The summed E-state index contributed by atoms with van der Waals surface area (Å²) < 4.78 is 5.43. The molecule has 0 bridgehead atoms. The van der Waals surface area contributed by atoms with E-state index in [9.17, 15) is 0 Å². The Morgan fingerprint density at radius 3 is 2.67 bits per heavy atom. The molecule has 2 saturated heterocycles. The zero-order valence-corrected chi connectivity index (χ0v) is 7.75. The third-order valence-corrected chi connectivity index (χ3v) is 3.04. The van der Waals surface area contributed by atoms with Crippen molar-refractivity contribution in [3.8, 4) is 0 Å². The van der Waals surface area contributed by atoms with Crippen molar-refractivity contribution < 1.29 is 4.74 Å². The second-order valence-electron chi connectivity index (χ2n) is 3.74. The molecule has 70 valence electrons. The molecule has 0 aromatic rings. The van der Waals surface area contributed by atoms with E-state index in [4.69, 9.17) is 4.74 Å². The quantitative estimate of drug-likeness (QED) is 0.634. The lowest BCUT2D eigenvalue weighted by molar-refractivity contribution is 0.0537. The molecule has 3 nitrogen and oxygen atoms in total. The van der Waals surface area contributed by atoms with Gasteiger partial charge in [0.15, 0.2) is 0 Å². The highest BCUT2D eigenvalue weighted by Crippen LogP contribution is 2.17. The Kier molecular flexibility index (Phi) is 2.63. The summed E-state index contributed by atoms with van der Waals surface area (Å²) in [6.45, 7) is 4.68. The molecule has 0 aromatic carbocycles. The number of nitrogens with one attached hydrogen (secondary N) is 1. The molecule has 1 N–H and O–H groups in total. The maximum absolute atomic E-state index is 5.43. The summed E-state index contributed by atoms with van der Waals surface area (Å²) in [5.74, 6) is 0. The van der Waals surface area contributed by atoms with E-state index in [0.29, 0.717) is 12.1 Å². The number of rotatable bonds is 2. The van der Waals surface area contributed by atoms with Crippen molar-refractivity contribution in [1.82, 2.24) is 10.2 Å². The molecule has 2 aliphatic rings. The molecule has 2 aliphatic heterocycles. The Bertz CT molecular complexity index is 145. The minimum absolute atomic E-state index is 0.420. The Balaban J connectivity index is 1.92. The average Bonchev–Trinajstić information content (AvgIpc) is 2.74. The van der Waals surface area contributed by atoms with Gasteiger partial charge in [0.25, 0.3) is 0 Å². The molecule has 0 aliphatic carbocycles. The summed E-state index contributed by atoms with van der Waals surface area (Å²) in [6, 6.07) is 0.637. The predicted molar refractivity (Wildman–Crippen MR) is 48.3 cm³/mol. The lowest BCUT2D eigenvalue weighted by Crippen LogP contribution is -2.42. The van der Waals surface area contributed by atoms with E-state index in [1.165, 1.54) is 25.9 Å². The molecule has 0 saturated carbocycles.